The third-order valence-electron chi connectivity index (χ3n) is 5.69. The monoisotopic (exact) mass is 416 g/mol. The Hall–Kier alpha value is -4.11. The van der Waals surface area contributed by atoms with E-state index in [1.807, 2.05) is 24.3 Å². The third kappa shape index (κ3) is 3.58. The molecule has 0 fully saturated rings. The van der Waals surface area contributed by atoms with E-state index in [9.17, 15) is 0 Å². The zero-order chi connectivity index (χ0) is 21.9. The van der Waals surface area contributed by atoms with Crippen molar-refractivity contribution in [1.29, 1.82) is 0 Å². The summed E-state index contributed by atoms with van der Waals surface area (Å²) in [5.74, 6) is 1.75. The quantitative estimate of drug-likeness (QED) is 0.303. The highest BCUT2D eigenvalue weighted by atomic mass is 16.5. The zero-order valence-electron chi connectivity index (χ0n) is 18.2. The molecule has 0 aliphatic rings. The fourth-order valence-electron chi connectivity index (χ4n) is 4.07. The Balaban J connectivity index is 1.88. The van der Waals surface area contributed by atoms with Crippen molar-refractivity contribution < 1.29 is 4.74 Å². The van der Waals surface area contributed by atoms with Crippen molar-refractivity contribution in [1.82, 2.24) is 9.55 Å². The van der Waals surface area contributed by atoms with Gasteiger partial charge in [-0.1, -0.05) is 84.9 Å². The van der Waals surface area contributed by atoms with Gasteiger partial charge in [0.1, 0.15) is 11.6 Å². The summed E-state index contributed by atoms with van der Waals surface area (Å²) in [7, 11) is 1.69. The molecule has 0 spiro atoms. The Morgan fingerprint density at radius 3 is 1.88 bits per heavy atom. The predicted molar refractivity (Wildman–Crippen MR) is 131 cm³/mol. The highest BCUT2D eigenvalue weighted by molar-refractivity contribution is 5.84. The fraction of sp³-hybridized carbons (Fsp3) is 0.0690. The Bertz CT molecular complexity index is 1340. The van der Waals surface area contributed by atoms with Crippen LogP contribution in [-0.2, 0) is 0 Å². The van der Waals surface area contributed by atoms with Crippen LogP contribution in [-0.4, -0.2) is 16.7 Å². The second-order valence-corrected chi connectivity index (χ2v) is 7.71. The summed E-state index contributed by atoms with van der Waals surface area (Å²) in [6.07, 6.45) is 0. The molecule has 0 saturated carbocycles. The normalized spacial score (nSPS) is 10.8. The standard InChI is InChI=1S/C29H24N2O/c1-21-11-9-10-16-26(21)29-30-27(22-12-5-3-6-13-22)28(23-14-7-4-8-15-23)31(29)24-17-19-25(32-2)20-18-24/h3-20H,1-2H3. The minimum absolute atomic E-state index is 0.829. The maximum atomic E-state index is 5.40. The Labute approximate surface area is 188 Å². The van der Waals surface area contributed by atoms with Crippen molar-refractivity contribution in [3.8, 4) is 45.3 Å². The second-order valence-electron chi connectivity index (χ2n) is 7.71. The molecule has 0 N–H and O–H groups in total. The largest absolute Gasteiger partial charge is 0.497 e. The number of ether oxygens (including phenoxy) is 1. The van der Waals surface area contributed by atoms with E-state index in [-0.39, 0.29) is 0 Å². The minimum atomic E-state index is 0.829. The van der Waals surface area contributed by atoms with Crippen molar-refractivity contribution >= 4 is 0 Å². The minimum Gasteiger partial charge on any atom is -0.497 e. The summed E-state index contributed by atoms with van der Waals surface area (Å²) in [6.45, 7) is 2.13. The van der Waals surface area contributed by atoms with Crippen LogP contribution >= 0.6 is 0 Å². The number of imidazole rings is 1. The molecule has 0 saturated heterocycles. The number of aromatic nitrogens is 2. The first-order chi connectivity index (χ1) is 15.8. The molecular formula is C29H24N2O. The van der Waals surface area contributed by atoms with E-state index in [2.05, 4.69) is 96.4 Å². The maximum Gasteiger partial charge on any atom is 0.146 e. The number of hydrogen-bond donors (Lipinski definition) is 0. The highest BCUT2D eigenvalue weighted by Crippen LogP contribution is 2.39. The summed E-state index contributed by atoms with van der Waals surface area (Å²) in [4.78, 5) is 5.24. The average Bonchev–Trinajstić information content (AvgIpc) is 3.26. The van der Waals surface area contributed by atoms with Crippen molar-refractivity contribution in [2.75, 3.05) is 7.11 Å². The molecule has 5 aromatic rings. The van der Waals surface area contributed by atoms with E-state index in [0.29, 0.717) is 0 Å². The van der Waals surface area contributed by atoms with Crippen molar-refractivity contribution in [2.45, 2.75) is 6.92 Å². The fourth-order valence-corrected chi connectivity index (χ4v) is 4.07. The molecule has 3 nitrogen and oxygen atoms in total. The van der Waals surface area contributed by atoms with Crippen LogP contribution in [0.15, 0.2) is 109 Å². The van der Waals surface area contributed by atoms with Gasteiger partial charge in [-0.3, -0.25) is 4.57 Å². The number of benzene rings is 4. The first-order valence-electron chi connectivity index (χ1n) is 10.7. The van der Waals surface area contributed by atoms with Gasteiger partial charge in [-0.25, -0.2) is 4.98 Å². The molecule has 1 aromatic heterocycles. The van der Waals surface area contributed by atoms with Gasteiger partial charge in [0.05, 0.1) is 18.5 Å². The van der Waals surface area contributed by atoms with Crippen molar-refractivity contribution in [3.05, 3.63) is 115 Å². The van der Waals surface area contributed by atoms with E-state index in [0.717, 1.165) is 45.3 Å². The van der Waals surface area contributed by atoms with E-state index in [1.54, 1.807) is 7.11 Å². The molecule has 0 atom stereocenters. The Morgan fingerprint density at radius 1 is 0.656 bits per heavy atom. The molecule has 4 aromatic carbocycles. The first-order valence-corrected chi connectivity index (χ1v) is 10.7. The average molecular weight is 417 g/mol. The van der Waals surface area contributed by atoms with Gasteiger partial charge < -0.3 is 4.74 Å². The molecule has 0 aliphatic carbocycles. The van der Waals surface area contributed by atoms with Crippen molar-refractivity contribution in [2.24, 2.45) is 0 Å². The Kier molecular flexibility index (Phi) is 5.30. The summed E-state index contributed by atoms with van der Waals surface area (Å²) < 4.78 is 7.67. The molecule has 0 radical (unpaired) electrons. The SMILES string of the molecule is COc1ccc(-n2c(-c3ccccc3C)nc(-c3ccccc3)c2-c2ccccc2)cc1. The lowest BCUT2D eigenvalue weighted by Gasteiger charge is -2.15. The van der Waals surface area contributed by atoms with Gasteiger partial charge >= 0.3 is 0 Å². The molecule has 5 rings (SSSR count). The summed E-state index contributed by atoms with van der Waals surface area (Å²) in [6, 6.07) is 37.4. The van der Waals surface area contributed by atoms with E-state index in [4.69, 9.17) is 9.72 Å². The molecular weight excluding hydrogens is 392 g/mol. The first kappa shape index (κ1) is 19.8. The third-order valence-corrected chi connectivity index (χ3v) is 5.69. The van der Waals surface area contributed by atoms with Crippen LogP contribution in [0.25, 0.3) is 39.6 Å². The maximum absolute atomic E-state index is 5.40. The van der Waals surface area contributed by atoms with E-state index < -0.39 is 0 Å². The van der Waals surface area contributed by atoms with Crippen LogP contribution in [0.1, 0.15) is 5.56 Å². The predicted octanol–water partition coefficient (Wildman–Crippen LogP) is 7.19. The van der Waals surface area contributed by atoms with Crippen LogP contribution in [0.2, 0.25) is 0 Å². The summed E-state index contributed by atoms with van der Waals surface area (Å²) in [5.41, 5.74) is 7.58. The van der Waals surface area contributed by atoms with Gasteiger partial charge in [0.25, 0.3) is 0 Å². The molecule has 0 aliphatic heterocycles. The van der Waals surface area contributed by atoms with E-state index >= 15 is 0 Å². The molecule has 3 heteroatoms. The van der Waals surface area contributed by atoms with Crippen molar-refractivity contribution in [3.63, 3.8) is 0 Å². The molecule has 0 unspecified atom stereocenters. The van der Waals surface area contributed by atoms with Crippen LogP contribution in [0.4, 0.5) is 0 Å². The lowest BCUT2D eigenvalue weighted by Crippen LogP contribution is -2.01. The van der Waals surface area contributed by atoms with Crippen LogP contribution in [0.3, 0.4) is 0 Å². The molecule has 0 amide bonds. The van der Waals surface area contributed by atoms with Gasteiger partial charge in [0.2, 0.25) is 0 Å². The topological polar surface area (TPSA) is 27.1 Å². The van der Waals surface area contributed by atoms with Gasteiger partial charge in [0, 0.05) is 22.4 Å². The molecule has 32 heavy (non-hydrogen) atoms. The number of nitrogens with zero attached hydrogens (tertiary/aromatic N) is 2. The smallest absolute Gasteiger partial charge is 0.146 e. The van der Waals surface area contributed by atoms with Gasteiger partial charge in [-0.05, 0) is 36.8 Å². The lowest BCUT2D eigenvalue weighted by molar-refractivity contribution is 0.415. The van der Waals surface area contributed by atoms with Crippen LogP contribution in [0.5, 0.6) is 5.75 Å². The second kappa shape index (κ2) is 8.56. The summed E-state index contributed by atoms with van der Waals surface area (Å²) in [5, 5.41) is 0. The van der Waals surface area contributed by atoms with E-state index in [1.165, 1.54) is 5.56 Å². The van der Waals surface area contributed by atoms with Crippen LogP contribution < -0.4 is 4.74 Å². The number of hydrogen-bond acceptors (Lipinski definition) is 2. The zero-order valence-corrected chi connectivity index (χ0v) is 18.2. The lowest BCUT2D eigenvalue weighted by atomic mass is 10.0. The summed E-state index contributed by atoms with van der Waals surface area (Å²) >= 11 is 0. The van der Waals surface area contributed by atoms with Gasteiger partial charge in [-0.2, -0.15) is 0 Å². The number of aryl methyl sites for hydroxylation is 1. The molecule has 156 valence electrons. The molecule has 1 heterocycles. The van der Waals surface area contributed by atoms with Crippen LogP contribution in [0, 0.1) is 6.92 Å². The van der Waals surface area contributed by atoms with Gasteiger partial charge in [-0.15, -0.1) is 0 Å². The van der Waals surface area contributed by atoms with Gasteiger partial charge in [0.15, 0.2) is 0 Å². The highest BCUT2D eigenvalue weighted by Gasteiger charge is 2.23. The number of rotatable bonds is 5. The molecule has 0 bridgehead atoms. The Morgan fingerprint density at radius 2 is 1.25 bits per heavy atom. The number of methoxy groups -OCH3 is 1.